The van der Waals surface area contributed by atoms with E-state index in [1.54, 1.807) is 18.2 Å². The lowest BCUT2D eigenvalue weighted by Gasteiger charge is -2.13. The minimum atomic E-state index is -0.956. The van der Waals surface area contributed by atoms with Gasteiger partial charge in [0.15, 0.2) is 0 Å². The van der Waals surface area contributed by atoms with Gasteiger partial charge in [0.05, 0.1) is 5.56 Å². The summed E-state index contributed by atoms with van der Waals surface area (Å²) in [6, 6.07) is 14.3. The Kier molecular flexibility index (Phi) is 3.85. The second kappa shape index (κ2) is 5.57. The standard InChI is InChI=1S/C16H16O3/c1-11(2)14-8-3-4-9-15(14)19-13-7-5-6-12(10-13)16(17)18/h3-11H,1-2H3,(H,17,18). The van der Waals surface area contributed by atoms with Crippen LogP contribution in [0.1, 0.15) is 35.7 Å². The zero-order chi connectivity index (χ0) is 13.8. The molecule has 0 saturated heterocycles. The first-order chi connectivity index (χ1) is 9.08. The second-order valence-corrected chi connectivity index (χ2v) is 4.63. The number of aromatic carboxylic acids is 1. The average molecular weight is 256 g/mol. The smallest absolute Gasteiger partial charge is 0.335 e. The van der Waals surface area contributed by atoms with Crippen LogP contribution in [-0.4, -0.2) is 11.1 Å². The lowest BCUT2D eigenvalue weighted by Crippen LogP contribution is -1.97. The molecule has 3 heteroatoms. The van der Waals surface area contributed by atoms with Crippen molar-refractivity contribution in [1.82, 2.24) is 0 Å². The molecule has 0 amide bonds. The number of para-hydroxylation sites is 1. The van der Waals surface area contributed by atoms with Gasteiger partial charge in [-0.3, -0.25) is 0 Å². The van der Waals surface area contributed by atoms with Gasteiger partial charge >= 0.3 is 5.97 Å². The predicted octanol–water partition coefficient (Wildman–Crippen LogP) is 4.30. The molecule has 3 nitrogen and oxygen atoms in total. The van der Waals surface area contributed by atoms with Crippen LogP contribution in [0.3, 0.4) is 0 Å². The molecule has 19 heavy (non-hydrogen) atoms. The Morgan fingerprint density at radius 2 is 1.84 bits per heavy atom. The third kappa shape index (κ3) is 3.13. The van der Waals surface area contributed by atoms with Crippen molar-refractivity contribution in [3.8, 4) is 11.5 Å². The molecule has 0 radical (unpaired) electrons. The minimum Gasteiger partial charge on any atom is -0.478 e. The van der Waals surface area contributed by atoms with Crippen molar-refractivity contribution < 1.29 is 14.6 Å². The fourth-order valence-corrected chi connectivity index (χ4v) is 1.87. The van der Waals surface area contributed by atoms with Gasteiger partial charge in [-0.1, -0.05) is 38.1 Å². The van der Waals surface area contributed by atoms with E-state index < -0.39 is 5.97 Å². The Balaban J connectivity index is 2.31. The summed E-state index contributed by atoms with van der Waals surface area (Å²) in [7, 11) is 0. The maximum absolute atomic E-state index is 10.9. The summed E-state index contributed by atoms with van der Waals surface area (Å²) >= 11 is 0. The molecular formula is C16H16O3. The molecule has 0 heterocycles. The number of carboxylic acid groups (broad SMARTS) is 1. The quantitative estimate of drug-likeness (QED) is 0.887. The average Bonchev–Trinajstić information content (AvgIpc) is 2.39. The number of benzene rings is 2. The van der Waals surface area contributed by atoms with Crippen molar-refractivity contribution in [2.75, 3.05) is 0 Å². The maximum Gasteiger partial charge on any atom is 0.335 e. The van der Waals surface area contributed by atoms with Crippen molar-refractivity contribution >= 4 is 5.97 Å². The molecule has 0 spiro atoms. The van der Waals surface area contributed by atoms with Crippen molar-refractivity contribution in [1.29, 1.82) is 0 Å². The number of carboxylic acids is 1. The maximum atomic E-state index is 10.9. The van der Waals surface area contributed by atoms with Crippen molar-refractivity contribution in [3.63, 3.8) is 0 Å². The summed E-state index contributed by atoms with van der Waals surface area (Å²) in [4.78, 5) is 10.9. The fraction of sp³-hybridized carbons (Fsp3) is 0.188. The van der Waals surface area contributed by atoms with Gasteiger partial charge in [-0.25, -0.2) is 4.79 Å². The van der Waals surface area contributed by atoms with Crippen LogP contribution in [0.4, 0.5) is 0 Å². The number of carbonyl (C=O) groups is 1. The highest BCUT2D eigenvalue weighted by Crippen LogP contribution is 2.30. The zero-order valence-corrected chi connectivity index (χ0v) is 11.0. The van der Waals surface area contributed by atoms with E-state index in [1.807, 2.05) is 24.3 Å². The molecule has 0 saturated carbocycles. The topological polar surface area (TPSA) is 46.5 Å². The lowest BCUT2D eigenvalue weighted by molar-refractivity contribution is 0.0696. The Labute approximate surface area is 112 Å². The first-order valence-electron chi connectivity index (χ1n) is 6.18. The van der Waals surface area contributed by atoms with Gasteiger partial charge < -0.3 is 9.84 Å². The van der Waals surface area contributed by atoms with Crippen LogP contribution < -0.4 is 4.74 Å². The highest BCUT2D eigenvalue weighted by atomic mass is 16.5. The van der Waals surface area contributed by atoms with Gasteiger partial charge in [-0.2, -0.15) is 0 Å². The molecule has 98 valence electrons. The highest BCUT2D eigenvalue weighted by molar-refractivity contribution is 5.88. The summed E-state index contributed by atoms with van der Waals surface area (Å²) in [6.45, 7) is 4.19. The van der Waals surface area contributed by atoms with Gasteiger partial charge in [0.25, 0.3) is 0 Å². The van der Waals surface area contributed by atoms with Crippen LogP contribution in [0.25, 0.3) is 0 Å². The Morgan fingerprint density at radius 3 is 2.53 bits per heavy atom. The van der Waals surface area contributed by atoms with Gasteiger partial charge in [-0.05, 0) is 35.7 Å². The monoisotopic (exact) mass is 256 g/mol. The lowest BCUT2D eigenvalue weighted by atomic mass is 10.0. The van der Waals surface area contributed by atoms with Crippen LogP contribution in [0.5, 0.6) is 11.5 Å². The number of hydrogen-bond acceptors (Lipinski definition) is 2. The summed E-state index contributed by atoms with van der Waals surface area (Å²) in [5, 5.41) is 8.96. The molecule has 0 atom stereocenters. The van der Waals surface area contributed by atoms with Gasteiger partial charge in [0, 0.05) is 0 Å². The SMILES string of the molecule is CC(C)c1ccccc1Oc1cccc(C(=O)O)c1. The molecule has 0 aromatic heterocycles. The largest absolute Gasteiger partial charge is 0.478 e. The van der Waals surface area contributed by atoms with Crippen molar-refractivity contribution in [2.45, 2.75) is 19.8 Å². The number of ether oxygens (including phenoxy) is 1. The van der Waals surface area contributed by atoms with Crippen molar-refractivity contribution in [2.24, 2.45) is 0 Å². The van der Waals surface area contributed by atoms with E-state index in [-0.39, 0.29) is 5.56 Å². The first-order valence-corrected chi connectivity index (χ1v) is 6.18. The Hall–Kier alpha value is -2.29. The molecule has 0 unspecified atom stereocenters. The molecule has 2 rings (SSSR count). The fourth-order valence-electron chi connectivity index (χ4n) is 1.87. The Morgan fingerprint density at radius 1 is 1.11 bits per heavy atom. The van der Waals surface area contributed by atoms with Crippen LogP contribution in [0, 0.1) is 0 Å². The van der Waals surface area contributed by atoms with Crippen LogP contribution in [0.15, 0.2) is 48.5 Å². The molecule has 0 aliphatic carbocycles. The molecule has 2 aromatic rings. The highest BCUT2D eigenvalue weighted by Gasteiger charge is 2.09. The zero-order valence-electron chi connectivity index (χ0n) is 11.0. The predicted molar refractivity (Wildman–Crippen MR) is 74.0 cm³/mol. The number of hydrogen-bond donors (Lipinski definition) is 1. The second-order valence-electron chi connectivity index (χ2n) is 4.63. The molecule has 0 aliphatic heterocycles. The molecule has 0 fully saturated rings. The van der Waals surface area contributed by atoms with Crippen LogP contribution in [-0.2, 0) is 0 Å². The van der Waals surface area contributed by atoms with Crippen LogP contribution >= 0.6 is 0 Å². The molecule has 0 aliphatic rings. The van der Waals surface area contributed by atoms with E-state index in [4.69, 9.17) is 9.84 Å². The Bertz CT molecular complexity index is 588. The first kappa shape index (κ1) is 13.1. The van der Waals surface area contributed by atoms with E-state index in [9.17, 15) is 4.79 Å². The van der Waals surface area contributed by atoms with E-state index in [2.05, 4.69) is 13.8 Å². The molecule has 2 aromatic carbocycles. The van der Waals surface area contributed by atoms with Crippen molar-refractivity contribution in [3.05, 3.63) is 59.7 Å². The minimum absolute atomic E-state index is 0.222. The van der Waals surface area contributed by atoms with Gasteiger partial charge in [0.2, 0.25) is 0 Å². The van der Waals surface area contributed by atoms with E-state index >= 15 is 0 Å². The van der Waals surface area contributed by atoms with E-state index in [1.165, 1.54) is 6.07 Å². The van der Waals surface area contributed by atoms with Crippen LogP contribution in [0.2, 0.25) is 0 Å². The molecule has 0 bridgehead atoms. The summed E-state index contributed by atoms with van der Waals surface area (Å²) < 4.78 is 5.80. The number of rotatable bonds is 4. The summed E-state index contributed by atoms with van der Waals surface area (Å²) in [5.41, 5.74) is 1.32. The molecule has 1 N–H and O–H groups in total. The normalized spacial score (nSPS) is 10.5. The third-order valence-corrected chi connectivity index (χ3v) is 2.85. The van der Waals surface area contributed by atoms with Gasteiger partial charge in [-0.15, -0.1) is 0 Å². The summed E-state index contributed by atoms with van der Waals surface area (Å²) in [6.07, 6.45) is 0. The molecular weight excluding hydrogens is 240 g/mol. The summed E-state index contributed by atoms with van der Waals surface area (Å²) in [5.74, 6) is 0.689. The third-order valence-electron chi connectivity index (χ3n) is 2.85. The van der Waals surface area contributed by atoms with E-state index in [0.29, 0.717) is 11.7 Å². The van der Waals surface area contributed by atoms with Gasteiger partial charge in [0.1, 0.15) is 11.5 Å². The van der Waals surface area contributed by atoms with E-state index in [0.717, 1.165) is 11.3 Å².